The first-order chi connectivity index (χ1) is 16.2. The Bertz CT molecular complexity index is 1150. The van der Waals surface area contributed by atoms with E-state index in [2.05, 4.69) is 5.32 Å². The standard InChI is InChI=1S/C29H25NO3/c1-33-29(32)27(26(23-13-7-3-8-14-23)24-15-9-4-10-16-24)30-28(31)25-19-17-22(18-20-25)21-11-5-2-6-12-21/h2-20,26-27H,1H3,(H,30,31)/t27-/m0/s1. The molecule has 1 N–H and O–H groups in total. The minimum absolute atomic E-state index is 0.332. The lowest BCUT2D eigenvalue weighted by Gasteiger charge is -2.27. The van der Waals surface area contributed by atoms with E-state index in [1.54, 1.807) is 12.1 Å². The molecule has 164 valence electrons. The highest BCUT2D eigenvalue weighted by molar-refractivity contribution is 5.97. The fourth-order valence-electron chi connectivity index (χ4n) is 3.97. The Morgan fingerprint density at radius 1 is 0.636 bits per heavy atom. The molecular formula is C29H25NO3. The number of esters is 1. The highest BCUT2D eigenvalue weighted by Gasteiger charge is 2.33. The fraction of sp³-hybridized carbons (Fsp3) is 0.103. The zero-order chi connectivity index (χ0) is 23.0. The van der Waals surface area contributed by atoms with Crippen molar-refractivity contribution in [3.05, 3.63) is 132 Å². The van der Waals surface area contributed by atoms with Crippen molar-refractivity contribution < 1.29 is 14.3 Å². The minimum atomic E-state index is -0.888. The molecular weight excluding hydrogens is 410 g/mol. The second-order valence-corrected chi connectivity index (χ2v) is 7.72. The molecule has 0 aliphatic heterocycles. The van der Waals surface area contributed by atoms with E-state index in [1.807, 2.05) is 103 Å². The number of methoxy groups -OCH3 is 1. The number of carbonyl (C=O) groups is 2. The molecule has 4 heteroatoms. The van der Waals surface area contributed by atoms with Crippen molar-refractivity contribution in [1.82, 2.24) is 5.32 Å². The summed E-state index contributed by atoms with van der Waals surface area (Å²) in [6, 6.07) is 35.8. The van der Waals surface area contributed by atoms with Crippen LogP contribution in [0.25, 0.3) is 11.1 Å². The summed E-state index contributed by atoms with van der Waals surface area (Å²) in [7, 11) is 1.34. The molecule has 4 rings (SSSR count). The number of hydrogen-bond acceptors (Lipinski definition) is 3. The molecule has 33 heavy (non-hydrogen) atoms. The van der Waals surface area contributed by atoms with Gasteiger partial charge in [-0.1, -0.05) is 103 Å². The van der Waals surface area contributed by atoms with E-state index in [9.17, 15) is 9.59 Å². The highest BCUT2D eigenvalue weighted by Crippen LogP contribution is 2.29. The Morgan fingerprint density at radius 3 is 1.58 bits per heavy atom. The molecule has 0 radical (unpaired) electrons. The van der Waals surface area contributed by atoms with Crippen molar-refractivity contribution in [2.24, 2.45) is 0 Å². The van der Waals surface area contributed by atoms with Crippen molar-refractivity contribution in [3.63, 3.8) is 0 Å². The average molecular weight is 436 g/mol. The summed E-state index contributed by atoms with van der Waals surface area (Å²) in [6.07, 6.45) is 0. The second kappa shape index (κ2) is 10.4. The number of amides is 1. The maximum atomic E-state index is 13.2. The largest absolute Gasteiger partial charge is 0.467 e. The molecule has 4 aromatic carbocycles. The predicted octanol–water partition coefficient (Wildman–Crippen LogP) is 5.46. The predicted molar refractivity (Wildman–Crippen MR) is 130 cm³/mol. The van der Waals surface area contributed by atoms with Gasteiger partial charge in [0.25, 0.3) is 5.91 Å². The average Bonchev–Trinajstić information content (AvgIpc) is 2.89. The molecule has 0 spiro atoms. The van der Waals surface area contributed by atoms with Gasteiger partial charge in [0.1, 0.15) is 6.04 Å². The van der Waals surface area contributed by atoms with Gasteiger partial charge in [-0.3, -0.25) is 4.79 Å². The Balaban J connectivity index is 1.64. The third kappa shape index (κ3) is 5.18. The van der Waals surface area contributed by atoms with Gasteiger partial charge in [-0.25, -0.2) is 4.79 Å². The molecule has 1 atom stereocenters. The molecule has 0 aliphatic carbocycles. The molecule has 4 aromatic rings. The minimum Gasteiger partial charge on any atom is -0.467 e. The first-order valence-electron chi connectivity index (χ1n) is 10.8. The number of rotatable bonds is 7. The van der Waals surface area contributed by atoms with Gasteiger partial charge in [-0.05, 0) is 34.4 Å². The molecule has 0 bridgehead atoms. The molecule has 0 unspecified atom stereocenters. The van der Waals surface area contributed by atoms with E-state index in [4.69, 9.17) is 4.74 Å². The molecule has 4 nitrogen and oxygen atoms in total. The molecule has 0 aromatic heterocycles. The summed E-state index contributed by atoms with van der Waals surface area (Å²) in [5, 5.41) is 2.93. The van der Waals surface area contributed by atoms with Crippen molar-refractivity contribution in [3.8, 4) is 11.1 Å². The second-order valence-electron chi connectivity index (χ2n) is 7.72. The van der Waals surface area contributed by atoms with Gasteiger partial charge in [0.2, 0.25) is 0 Å². The third-order valence-corrected chi connectivity index (χ3v) is 5.65. The summed E-state index contributed by atoms with van der Waals surface area (Å²) < 4.78 is 5.10. The number of nitrogens with one attached hydrogen (secondary N) is 1. The topological polar surface area (TPSA) is 55.4 Å². The van der Waals surface area contributed by atoms with Crippen LogP contribution >= 0.6 is 0 Å². The Morgan fingerprint density at radius 2 is 1.09 bits per heavy atom. The lowest BCUT2D eigenvalue weighted by atomic mass is 9.84. The zero-order valence-electron chi connectivity index (χ0n) is 18.3. The van der Waals surface area contributed by atoms with E-state index in [-0.39, 0.29) is 5.91 Å². The molecule has 0 fully saturated rings. The lowest BCUT2D eigenvalue weighted by Crippen LogP contribution is -2.46. The summed E-state index contributed by atoms with van der Waals surface area (Å²) in [5.41, 5.74) is 4.40. The quantitative estimate of drug-likeness (QED) is 0.392. The van der Waals surface area contributed by atoms with Gasteiger partial charge < -0.3 is 10.1 Å². The van der Waals surface area contributed by atoms with Crippen LogP contribution in [-0.4, -0.2) is 25.0 Å². The van der Waals surface area contributed by atoms with Crippen LogP contribution in [-0.2, 0) is 9.53 Å². The van der Waals surface area contributed by atoms with Crippen LogP contribution < -0.4 is 5.32 Å². The number of ether oxygens (including phenoxy) is 1. The van der Waals surface area contributed by atoms with Crippen LogP contribution in [0, 0.1) is 0 Å². The highest BCUT2D eigenvalue weighted by atomic mass is 16.5. The van der Waals surface area contributed by atoms with Crippen LogP contribution in [0.5, 0.6) is 0 Å². The summed E-state index contributed by atoms with van der Waals surface area (Å²) in [4.78, 5) is 26.0. The Labute approximate surface area is 193 Å². The normalized spacial score (nSPS) is 11.6. The van der Waals surface area contributed by atoms with Crippen LogP contribution in [0.15, 0.2) is 115 Å². The van der Waals surface area contributed by atoms with Gasteiger partial charge in [0.15, 0.2) is 0 Å². The Kier molecular flexibility index (Phi) is 6.96. The first-order valence-corrected chi connectivity index (χ1v) is 10.8. The van der Waals surface area contributed by atoms with Gasteiger partial charge in [-0.2, -0.15) is 0 Å². The molecule has 0 aliphatic rings. The van der Waals surface area contributed by atoms with Crippen molar-refractivity contribution in [1.29, 1.82) is 0 Å². The van der Waals surface area contributed by atoms with Crippen LogP contribution in [0.1, 0.15) is 27.4 Å². The zero-order valence-corrected chi connectivity index (χ0v) is 18.3. The van der Waals surface area contributed by atoms with Crippen molar-refractivity contribution >= 4 is 11.9 Å². The van der Waals surface area contributed by atoms with E-state index in [0.29, 0.717) is 5.56 Å². The van der Waals surface area contributed by atoms with Gasteiger partial charge in [0.05, 0.1) is 7.11 Å². The molecule has 0 heterocycles. The van der Waals surface area contributed by atoms with Gasteiger partial charge >= 0.3 is 5.97 Å². The van der Waals surface area contributed by atoms with Crippen LogP contribution in [0.4, 0.5) is 0 Å². The van der Waals surface area contributed by atoms with E-state index >= 15 is 0 Å². The first kappa shape index (κ1) is 22.0. The number of hydrogen-bond donors (Lipinski definition) is 1. The van der Waals surface area contributed by atoms with Gasteiger partial charge in [-0.15, -0.1) is 0 Å². The molecule has 0 saturated heterocycles. The number of carbonyl (C=O) groups excluding carboxylic acids is 2. The maximum absolute atomic E-state index is 13.2. The van der Waals surface area contributed by atoms with Gasteiger partial charge in [0, 0.05) is 11.5 Å². The summed E-state index contributed by atoms with van der Waals surface area (Å²) >= 11 is 0. The van der Waals surface area contributed by atoms with Crippen LogP contribution in [0.2, 0.25) is 0 Å². The lowest BCUT2D eigenvalue weighted by molar-refractivity contribution is -0.143. The van der Waals surface area contributed by atoms with Crippen molar-refractivity contribution in [2.45, 2.75) is 12.0 Å². The molecule has 0 saturated carbocycles. The monoisotopic (exact) mass is 435 g/mol. The van der Waals surface area contributed by atoms with E-state index in [1.165, 1.54) is 7.11 Å². The van der Waals surface area contributed by atoms with Crippen LogP contribution in [0.3, 0.4) is 0 Å². The van der Waals surface area contributed by atoms with Crippen molar-refractivity contribution in [2.75, 3.05) is 7.11 Å². The summed E-state index contributed by atoms with van der Waals surface area (Å²) in [5.74, 6) is -1.23. The number of benzene rings is 4. The maximum Gasteiger partial charge on any atom is 0.329 e. The third-order valence-electron chi connectivity index (χ3n) is 5.65. The Hall–Kier alpha value is -4.18. The SMILES string of the molecule is COC(=O)[C@@H](NC(=O)c1ccc(-c2ccccc2)cc1)C(c1ccccc1)c1ccccc1. The smallest absolute Gasteiger partial charge is 0.329 e. The van der Waals surface area contributed by atoms with E-state index in [0.717, 1.165) is 22.3 Å². The molecule has 1 amide bonds. The van der Waals surface area contributed by atoms with E-state index < -0.39 is 17.9 Å². The fourth-order valence-corrected chi connectivity index (χ4v) is 3.97. The summed E-state index contributed by atoms with van der Waals surface area (Å²) in [6.45, 7) is 0.